The predicted molar refractivity (Wildman–Crippen MR) is 106 cm³/mol. The predicted octanol–water partition coefficient (Wildman–Crippen LogP) is 5.12. The van der Waals surface area contributed by atoms with Crippen molar-refractivity contribution < 1.29 is 13.9 Å². The summed E-state index contributed by atoms with van der Waals surface area (Å²) >= 11 is 1.66. The number of hydrogen-bond acceptors (Lipinski definition) is 5. The van der Waals surface area contributed by atoms with E-state index in [0.717, 1.165) is 27.2 Å². The van der Waals surface area contributed by atoms with Crippen LogP contribution in [0.3, 0.4) is 0 Å². The smallest absolute Gasteiger partial charge is 0.354 e. The molecule has 0 amide bonds. The lowest BCUT2D eigenvalue weighted by Gasteiger charge is -2.07. The van der Waals surface area contributed by atoms with Gasteiger partial charge < -0.3 is 13.7 Å². The molecule has 0 bridgehead atoms. The highest BCUT2D eigenvalue weighted by Crippen LogP contribution is 2.31. The van der Waals surface area contributed by atoms with E-state index >= 15 is 0 Å². The zero-order chi connectivity index (χ0) is 19.1. The number of nitrogens with zero attached hydrogens (tertiary/aromatic N) is 2. The Kier molecular flexibility index (Phi) is 4.36. The van der Waals surface area contributed by atoms with Gasteiger partial charge >= 0.3 is 5.97 Å². The Balaban J connectivity index is 1.76. The molecule has 3 aromatic heterocycles. The van der Waals surface area contributed by atoms with Gasteiger partial charge in [-0.2, -0.15) is 0 Å². The van der Waals surface area contributed by atoms with Crippen LogP contribution in [-0.4, -0.2) is 22.6 Å². The molecule has 4 aromatic rings. The number of ether oxygens (including phenoxy) is 1. The van der Waals surface area contributed by atoms with Crippen LogP contribution in [-0.2, 0) is 11.3 Å². The van der Waals surface area contributed by atoms with Crippen molar-refractivity contribution in [2.45, 2.75) is 27.3 Å². The van der Waals surface area contributed by atoms with E-state index in [0.29, 0.717) is 18.1 Å². The molecule has 3 heterocycles. The Morgan fingerprint density at radius 2 is 1.93 bits per heavy atom. The zero-order valence-electron chi connectivity index (χ0n) is 15.7. The van der Waals surface area contributed by atoms with Crippen molar-refractivity contribution in [1.29, 1.82) is 0 Å². The number of oxazole rings is 1. The van der Waals surface area contributed by atoms with Crippen LogP contribution in [0.25, 0.3) is 21.7 Å². The van der Waals surface area contributed by atoms with Crippen molar-refractivity contribution in [2.24, 2.45) is 0 Å². The molecule has 27 heavy (non-hydrogen) atoms. The minimum atomic E-state index is -0.351. The highest BCUT2D eigenvalue weighted by atomic mass is 32.1. The minimum absolute atomic E-state index is 0.351. The molecule has 138 valence electrons. The number of thiophene rings is 1. The zero-order valence-corrected chi connectivity index (χ0v) is 16.5. The summed E-state index contributed by atoms with van der Waals surface area (Å²) in [7, 11) is 1.40. The maximum absolute atomic E-state index is 12.2. The standard InChI is InChI=1S/C21H20N2O3S/c1-12-5-7-15(8-6-12)20-22-16(14(3)26-20)11-23-17-9-13(2)27-19(17)10-18(23)21(24)25-4/h5-10H,11H2,1-4H3. The van der Waals surface area contributed by atoms with Crippen LogP contribution in [0.5, 0.6) is 0 Å². The van der Waals surface area contributed by atoms with Crippen molar-refractivity contribution in [3.63, 3.8) is 0 Å². The molecule has 0 fully saturated rings. The van der Waals surface area contributed by atoms with Gasteiger partial charge in [-0.1, -0.05) is 17.7 Å². The van der Waals surface area contributed by atoms with E-state index in [-0.39, 0.29) is 5.97 Å². The van der Waals surface area contributed by atoms with Crippen LogP contribution in [0, 0.1) is 20.8 Å². The fourth-order valence-corrected chi connectivity index (χ4v) is 4.11. The lowest BCUT2D eigenvalue weighted by Crippen LogP contribution is -2.12. The van der Waals surface area contributed by atoms with E-state index in [4.69, 9.17) is 9.15 Å². The Morgan fingerprint density at radius 3 is 2.63 bits per heavy atom. The topological polar surface area (TPSA) is 57.3 Å². The van der Waals surface area contributed by atoms with E-state index in [9.17, 15) is 4.79 Å². The minimum Gasteiger partial charge on any atom is -0.464 e. The van der Waals surface area contributed by atoms with Crippen molar-refractivity contribution >= 4 is 27.5 Å². The summed E-state index contributed by atoms with van der Waals surface area (Å²) in [5, 5.41) is 0. The number of aromatic nitrogens is 2. The third-order valence-electron chi connectivity index (χ3n) is 4.61. The molecule has 0 atom stereocenters. The summed E-state index contributed by atoms with van der Waals surface area (Å²) in [4.78, 5) is 18.1. The Bertz CT molecular complexity index is 1130. The molecule has 0 saturated heterocycles. The molecule has 0 spiro atoms. The van der Waals surface area contributed by atoms with Gasteiger partial charge in [0, 0.05) is 10.4 Å². The molecular formula is C21H20N2O3S. The Labute approximate surface area is 161 Å². The van der Waals surface area contributed by atoms with E-state index < -0.39 is 0 Å². The molecule has 0 N–H and O–H groups in total. The van der Waals surface area contributed by atoms with E-state index in [2.05, 4.69) is 18.0 Å². The molecule has 0 radical (unpaired) electrons. The Hall–Kier alpha value is -2.86. The third kappa shape index (κ3) is 3.17. The van der Waals surface area contributed by atoms with E-state index in [1.54, 1.807) is 11.3 Å². The van der Waals surface area contributed by atoms with Gasteiger partial charge in [0.2, 0.25) is 5.89 Å². The molecular weight excluding hydrogens is 360 g/mol. The van der Waals surface area contributed by atoms with Gasteiger partial charge in [-0.3, -0.25) is 0 Å². The number of methoxy groups -OCH3 is 1. The molecule has 0 aliphatic rings. The number of benzene rings is 1. The summed E-state index contributed by atoms with van der Waals surface area (Å²) in [5.41, 5.74) is 4.46. The highest BCUT2D eigenvalue weighted by molar-refractivity contribution is 7.19. The molecule has 6 heteroatoms. The maximum Gasteiger partial charge on any atom is 0.354 e. The second-order valence-corrected chi connectivity index (χ2v) is 7.89. The maximum atomic E-state index is 12.2. The number of rotatable bonds is 4. The van der Waals surface area contributed by atoms with Crippen LogP contribution in [0.4, 0.5) is 0 Å². The molecule has 5 nitrogen and oxygen atoms in total. The number of fused-ring (bicyclic) bond motifs is 1. The fraction of sp³-hybridized carbons (Fsp3) is 0.238. The summed E-state index contributed by atoms with van der Waals surface area (Å²) < 4.78 is 13.9. The SMILES string of the molecule is COC(=O)c1cc2sc(C)cc2n1Cc1nc(-c2ccc(C)cc2)oc1C. The van der Waals surface area contributed by atoms with E-state index in [1.807, 2.05) is 48.7 Å². The second kappa shape index (κ2) is 6.70. The molecule has 0 aliphatic carbocycles. The average molecular weight is 380 g/mol. The number of esters is 1. The lowest BCUT2D eigenvalue weighted by atomic mass is 10.1. The van der Waals surface area contributed by atoms with Crippen molar-refractivity contribution in [3.05, 3.63) is 64.0 Å². The fourth-order valence-electron chi connectivity index (χ4n) is 3.15. The lowest BCUT2D eigenvalue weighted by molar-refractivity contribution is 0.0589. The van der Waals surface area contributed by atoms with Crippen LogP contribution >= 0.6 is 11.3 Å². The number of aryl methyl sites for hydroxylation is 3. The first-order valence-electron chi connectivity index (χ1n) is 8.67. The van der Waals surface area contributed by atoms with Crippen LogP contribution in [0.1, 0.15) is 32.4 Å². The number of carbonyl (C=O) groups is 1. The first-order chi connectivity index (χ1) is 13.0. The molecule has 0 saturated carbocycles. The molecule has 0 unspecified atom stereocenters. The number of hydrogen-bond donors (Lipinski definition) is 0. The second-order valence-electron chi connectivity index (χ2n) is 6.60. The van der Waals surface area contributed by atoms with Crippen LogP contribution in [0.2, 0.25) is 0 Å². The highest BCUT2D eigenvalue weighted by Gasteiger charge is 2.20. The van der Waals surface area contributed by atoms with Gasteiger partial charge in [-0.25, -0.2) is 9.78 Å². The monoisotopic (exact) mass is 380 g/mol. The summed E-state index contributed by atoms with van der Waals surface area (Å²) in [6.45, 7) is 6.46. The van der Waals surface area contributed by atoms with Gasteiger partial charge in [0.05, 0.1) is 23.9 Å². The first kappa shape index (κ1) is 17.5. The van der Waals surface area contributed by atoms with Gasteiger partial charge in [-0.15, -0.1) is 11.3 Å². The van der Waals surface area contributed by atoms with Gasteiger partial charge in [-0.05, 0) is 45.0 Å². The molecule has 0 aliphatic heterocycles. The quantitative estimate of drug-likeness (QED) is 0.461. The van der Waals surface area contributed by atoms with Crippen LogP contribution < -0.4 is 0 Å². The van der Waals surface area contributed by atoms with Crippen molar-refractivity contribution in [3.8, 4) is 11.5 Å². The van der Waals surface area contributed by atoms with Gasteiger partial charge in [0.1, 0.15) is 17.1 Å². The summed E-state index contributed by atoms with van der Waals surface area (Å²) in [5.74, 6) is 0.984. The largest absolute Gasteiger partial charge is 0.464 e. The van der Waals surface area contributed by atoms with Crippen LogP contribution in [0.15, 0.2) is 40.8 Å². The molecule has 4 rings (SSSR count). The number of carbonyl (C=O) groups excluding carboxylic acids is 1. The van der Waals surface area contributed by atoms with Crippen molar-refractivity contribution in [2.75, 3.05) is 7.11 Å². The third-order valence-corrected chi connectivity index (χ3v) is 5.59. The van der Waals surface area contributed by atoms with Crippen molar-refractivity contribution in [1.82, 2.24) is 9.55 Å². The summed E-state index contributed by atoms with van der Waals surface area (Å²) in [6, 6.07) is 12.0. The summed E-state index contributed by atoms with van der Waals surface area (Å²) in [6.07, 6.45) is 0. The average Bonchev–Trinajstić information content (AvgIpc) is 3.29. The van der Waals surface area contributed by atoms with E-state index in [1.165, 1.54) is 17.6 Å². The normalized spacial score (nSPS) is 11.3. The molecule has 1 aromatic carbocycles. The first-order valence-corrected chi connectivity index (χ1v) is 9.49. The van der Waals surface area contributed by atoms with Gasteiger partial charge in [0.15, 0.2) is 0 Å². The van der Waals surface area contributed by atoms with Gasteiger partial charge in [0.25, 0.3) is 0 Å². The Morgan fingerprint density at radius 1 is 1.19 bits per heavy atom.